The van der Waals surface area contributed by atoms with Gasteiger partial charge in [0.15, 0.2) is 0 Å². The number of rotatable bonds is 4. The number of ether oxygens (including phenoxy) is 1. The molecule has 0 bridgehead atoms. The standard InChI is InChI=1S/C12H18N4O2/c1-2-10-8(3-4-18-10)5-15-12(17)9-6-14-7-11(13)16-9/h6-8,10H,2-5H2,1H3,(H2,13,16)(H,15,17). The summed E-state index contributed by atoms with van der Waals surface area (Å²) < 4.78 is 5.57. The van der Waals surface area contributed by atoms with E-state index in [0.717, 1.165) is 19.4 Å². The first-order valence-electron chi connectivity index (χ1n) is 6.18. The van der Waals surface area contributed by atoms with Gasteiger partial charge in [-0.15, -0.1) is 0 Å². The quantitative estimate of drug-likeness (QED) is 0.816. The largest absolute Gasteiger partial charge is 0.382 e. The number of nitrogen functional groups attached to an aromatic ring is 1. The molecule has 1 saturated heterocycles. The van der Waals surface area contributed by atoms with Crippen LogP contribution < -0.4 is 11.1 Å². The average molecular weight is 250 g/mol. The van der Waals surface area contributed by atoms with E-state index in [0.29, 0.717) is 12.5 Å². The molecule has 1 aromatic heterocycles. The Morgan fingerprint density at radius 1 is 1.61 bits per heavy atom. The van der Waals surface area contributed by atoms with E-state index in [-0.39, 0.29) is 23.5 Å². The van der Waals surface area contributed by atoms with E-state index in [1.165, 1.54) is 12.4 Å². The Bertz CT molecular complexity index is 424. The highest BCUT2D eigenvalue weighted by molar-refractivity contribution is 5.92. The van der Waals surface area contributed by atoms with Gasteiger partial charge < -0.3 is 15.8 Å². The number of hydrogen-bond acceptors (Lipinski definition) is 5. The van der Waals surface area contributed by atoms with Gasteiger partial charge in [-0.05, 0) is 12.8 Å². The molecule has 2 rings (SSSR count). The first-order chi connectivity index (χ1) is 8.70. The monoisotopic (exact) mass is 250 g/mol. The summed E-state index contributed by atoms with van der Waals surface area (Å²) in [5, 5.41) is 2.86. The highest BCUT2D eigenvalue weighted by Crippen LogP contribution is 2.22. The van der Waals surface area contributed by atoms with Crippen LogP contribution in [0.5, 0.6) is 0 Å². The van der Waals surface area contributed by atoms with Crippen LogP contribution in [0, 0.1) is 5.92 Å². The lowest BCUT2D eigenvalue weighted by atomic mass is 10.00. The molecule has 6 nitrogen and oxygen atoms in total. The minimum absolute atomic E-state index is 0.239. The summed E-state index contributed by atoms with van der Waals surface area (Å²) in [6, 6.07) is 0. The number of amides is 1. The van der Waals surface area contributed by atoms with Crippen molar-refractivity contribution in [2.75, 3.05) is 18.9 Å². The highest BCUT2D eigenvalue weighted by Gasteiger charge is 2.27. The van der Waals surface area contributed by atoms with Gasteiger partial charge in [-0.1, -0.05) is 6.92 Å². The zero-order chi connectivity index (χ0) is 13.0. The Hall–Kier alpha value is -1.69. The van der Waals surface area contributed by atoms with Gasteiger partial charge in [0, 0.05) is 19.1 Å². The normalized spacial score (nSPS) is 22.9. The van der Waals surface area contributed by atoms with E-state index < -0.39 is 0 Å². The number of carbonyl (C=O) groups is 1. The van der Waals surface area contributed by atoms with Crippen molar-refractivity contribution in [1.29, 1.82) is 0 Å². The molecule has 0 spiro atoms. The fourth-order valence-corrected chi connectivity index (χ4v) is 2.18. The molecular formula is C12H18N4O2. The van der Waals surface area contributed by atoms with Crippen LogP contribution in [0.25, 0.3) is 0 Å². The zero-order valence-corrected chi connectivity index (χ0v) is 10.4. The lowest BCUT2D eigenvalue weighted by molar-refractivity contribution is 0.0825. The molecule has 1 aliphatic rings. The molecule has 1 aromatic rings. The van der Waals surface area contributed by atoms with Crippen LogP contribution in [0.2, 0.25) is 0 Å². The smallest absolute Gasteiger partial charge is 0.271 e. The van der Waals surface area contributed by atoms with Crippen molar-refractivity contribution in [3.8, 4) is 0 Å². The Morgan fingerprint density at radius 3 is 3.17 bits per heavy atom. The van der Waals surface area contributed by atoms with Crippen LogP contribution in [0.4, 0.5) is 5.82 Å². The number of nitrogens with two attached hydrogens (primary N) is 1. The molecule has 0 saturated carbocycles. The van der Waals surface area contributed by atoms with Gasteiger partial charge in [0.05, 0.1) is 18.5 Å². The second-order valence-electron chi connectivity index (χ2n) is 4.41. The third kappa shape index (κ3) is 2.95. The molecule has 98 valence electrons. The van der Waals surface area contributed by atoms with Crippen LogP contribution in [0.15, 0.2) is 12.4 Å². The summed E-state index contributed by atoms with van der Waals surface area (Å²) in [4.78, 5) is 19.6. The second kappa shape index (κ2) is 5.77. The summed E-state index contributed by atoms with van der Waals surface area (Å²) in [5.74, 6) is 0.391. The predicted octanol–water partition coefficient (Wildman–Crippen LogP) is 0.604. The third-order valence-electron chi connectivity index (χ3n) is 3.16. The maximum absolute atomic E-state index is 11.8. The van der Waals surface area contributed by atoms with E-state index in [1.807, 2.05) is 0 Å². The first-order valence-corrected chi connectivity index (χ1v) is 6.18. The van der Waals surface area contributed by atoms with E-state index in [1.54, 1.807) is 0 Å². The van der Waals surface area contributed by atoms with Gasteiger partial charge >= 0.3 is 0 Å². The van der Waals surface area contributed by atoms with Crippen molar-refractivity contribution >= 4 is 11.7 Å². The van der Waals surface area contributed by atoms with Gasteiger partial charge in [-0.2, -0.15) is 0 Å². The minimum atomic E-state index is -0.239. The van der Waals surface area contributed by atoms with Gasteiger partial charge in [0.1, 0.15) is 11.5 Å². The average Bonchev–Trinajstić information content (AvgIpc) is 2.83. The molecule has 18 heavy (non-hydrogen) atoms. The van der Waals surface area contributed by atoms with Crippen molar-refractivity contribution in [1.82, 2.24) is 15.3 Å². The van der Waals surface area contributed by atoms with Crippen molar-refractivity contribution in [2.24, 2.45) is 5.92 Å². The van der Waals surface area contributed by atoms with E-state index in [2.05, 4.69) is 22.2 Å². The van der Waals surface area contributed by atoms with Gasteiger partial charge in [0.2, 0.25) is 0 Å². The summed E-state index contributed by atoms with van der Waals surface area (Å²) in [7, 11) is 0. The molecule has 1 fully saturated rings. The van der Waals surface area contributed by atoms with E-state index in [9.17, 15) is 4.79 Å². The van der Waals surface area contributed by atoms with Crippen molar-refractivity contribution in [3.05, 3.63) is 18.1 Å². The van der Waals surface area contributed by atoms with Gasteiger partial charge in [0.25, 0.3) is 5.91 Å². The predicted molar refractivity (Wildman–Crippen MR) is 66.9 cm³/mol. The number of hydrogen-bond donors (Lipinski definition) is 2. The summed E-state index contributed by atoms with van der Waals surface area (Å²) in [5.41, 5.74) is 5.74. The molecule has 1 amide bonds. The van der Waals surface area contributed by atoms with Crippen LogP contribution in [-0.2, 0) is 4.74 Å². The Balaban J connectivity index is 1.88. The molecule has 2 atom stereocenters. The number of nitrogens with zero attached hydrogens (tertiary/aromatic N) is 2. The lowest BCUT2D eigenvalue weighted by Crippen LogP contribution is -2.33. The zero-order valence-electron chi connectivity index (χ0n) is 10.4. The molecule has 0 radical (unpaired) electrons. The van der Waals surface area contributed by atoms with Crippen LogP contribution in [-0.4, -0.2) is 35.1 Å². The first kappa shape index (κ1) is 12.8. The number of anilines is 1. The molecule has 2 heterocycles. The van der Waals surface area contributed by atoms with Gasteiger partial charge in [-0.25, -0.2) is 4.98 Å². The van der Waals surface area contributed by atoms with E-state index >= 15 is 0 Å². The maximum atomic E-state index is 11.8. The molecule has 0 aromatic carbocycles. The van der Waals surface area contributed by atoms with Gasteiger partial charge in [-0.3, -0.25) is 9.78 Å². The van der Waals surface area contributed by atoms with Crippen LogP contribution >= 0.6 is 0 Å². The van der Waals surface area contributed by atoms with E-state index in [4.69, 9.17) is 10.5 Å². The topological polar surface area (TPSA) is 90.1 Å². The fraction of sp³-hybridized carbons (Fsp3) is 0.583. The molecule has 2 unspecified atom stereocenters. The molecule has 3 N–H and O–H groups in total. The lowest BCUT2D eigenvalue weighted by Gasteiger charge is -2.16. The van der Waals surface area contributed by atoms with Crippen LogP contribution in [0.1, 0.15) is 30.3 Å². The summed E-state index contributed by atoms with van der Waals surface area (Å²) >= 11 is 0. The fourth-order valence-electron chi connectivity index (χ4n) is 2.18. The van der Waals surface area contributed by atoms with Crippen molar-refractivity contribution in [2.45, 2.75) is 25.9 Å². The number of nitrogens with one attached hydrogen (secondary N) is 1. The third-order valence-corrected chi connectivity index (χ3v) is 3.16. The highest BCUT2D eigenvalue weighted by atomic mass is 16.5. The number of aromatic nitrogens is 2. The molecule has 6 heteroatoms. The Kier molecular flexibility index (Phi) is 4.09. The van der Waals surface area contributed by atoms with Crippen molar-refractivity contribution < 1.29 is 9.53 Å². The summed E-state index contributed by atoms with van der Waals surface area (Å²) in [6.45, 7) is 3.47. The second-order valence-corrected chi connectivity index (χ2v) is 4.41. The van der Waals surface area contributed by atoms with Crippen LogP contribution in [0.3, 0.4) is 0 Å². The Labute approximate surface area is 106 Å². The number of carbonyl (C=O) groups excluding carboxylic acids is 1. The maximum Gasteiger partial charge on any atom is 0.271 e. The summed E-state index contributed by atoms with van der Waals surface area (Å²) in [6.07, 6.45) is 5.03. The molecule has 0 aliphatic carbocycles. The SMILES string of the molecule is CCC1OCCC1CNC(=O)c1cncc(N)n1. The Morgan fingerprint density at radius 2 is 2.44 bits per heavy atom. The molecular weight excluding hydrogens is 232 g/mol. The minimum Gasteiger partial charge on any atom is -0.382 e. The van der Waals surface area contributed by atoms with Crippen molar-refractivity contribution in [3.63, 3.8) is 0 Å². The molecule has 1 aliphatic heterocycles.